The van der Waals surface area contributed by atoms with Crippen molar-refractivity contribution >= 4 is 44.4 Å². The molecular weight excluding hydrogens is 408 g/mol. The summed E-state index contributed by atoms with van der Waals surface area (Å²) in [5.74, 6) is 0. The average Bonchev–Trinajstić information content (AvgIpc) is 2.41. The molecule has 0 bridgehead atoms. The predicted octanol–water partition coefficient (Wildman–Crippen LogP) is 0.784. The van der Waals surface area contributed by atoms with Gasteiger partial charge in [-0.25, -0.2) is 0 Å². The van der Waals surface area contributed by atoms with E-state index in [-0.39, 0.29) is 26.0 Å². The topological polar surface area (TPSA) is 80.4 Å². The van der Waals surface area contributed by atoms with Crippen molar-refractivity contribution in [3.05, 3.63) is 24.3 Å². The van der Waals surface area contributed by atoms with E-state index in [1.54, 1.807) is 12.1 Å². The molecule has 1 atom stereocenters. The number of benzene rings is 1. The van der Waals surface area contributed by atoms with Crippen molar-refractivity contribution in [3.63, 3.8) is 0 Å². The summed E-state index contributed by atoms with van der Waals surface area (Å²) in [4.78, 5) is 0.139. The van der Waals surface area contributed by atoms with Gasteiger partial charge in [0, 0.05) is 0 Å². The molecule has 0 radical (unpaired) electrons. The first-order valence-electron chi connectivity index (χ1n) is 6.45. The summed E-state index contributed by atoms with van der Waals surface area (Å²) in [6, 6.07) is 6.64. The molecule has 3 N–H and O–H groups in total. The fraction of sp³-hybridized carbons (Fsp3) is 0.538. The first-order valence-corrected chi connectivity index (χ1v) is 12.5. The Bertz CT molecular complexity index is 491. The SMILES string of the molecule is CCCC[Se]C[C@@H](O)C[Se]c1ccc(S(N)(=O)=O)cc1. The Morgan fingerprint density at radius 1 is 1.25 bits per heavy atom. The summed E-state index contributed by atoms with van der Waals surface area (Å²) in [5.41, 5.74) is 0. The molecule has 1 aromatic rings. The van der Waals surface area contributed by atoms with Crippen LogP contribution in [0.1, 0.15) is 19.8 Å². The number of nitrogens with two attached hydrogens (primary N) is 1. The normalized spacial score (nSPS) is 13.3. The second-order valence-corrected chi connectivity index (χ2v) is 10.7. The molecule has 0 saturated heterocycles. The zero-order valence-electron chi connectivity index (χ0n) is 11.5. The van der Waals surface area contributed by atoms with Crippen molar-refractivity contribution in [2.24, 2.45) is 5.14 Å². The second kappa shape index (κ2) is 9.21. The number of aliphatic hydroxyl groups is 1. The molecule has 0 fully saturated rings. The van der Waals surface area contributed by atoms with E-state index in [4.69, 9.17) is 5.14 Å². The third-order valence-electron chi connectivity index (χ3n) is 2.55. The third-order valence-corrected chi connectivity index (χ3v) is 8.42. The van der Waals surface area contributed by atoms with Gasteiger partial charge in [0.15, 0.2) is 0 Å². The Morgan fingerprint density at radius 3 is 2.45 bits per heavy atom. The van der Waals surface area contributed by atoms with Gasteiger partial charge in [-0.05, 0) is 0 Å². The molecule has 0 aliphatic carbocycles. The first-order chi connectivity index (χ1) is 9.43. The Balaban J connectivity index is 2.35. The van der Waals surface area contributed by atoms with E-state index < -0.39 is 10.0 Å². The molecule has 0 heterocycles. The molecule has 0 saturated carbocycles. The fourth-order valence-electron chi connectivity index (χ4n) is 1.43. The van der Waals surface area contributed by atoms with E-state index in [2.05, 4.69) is 6.92 Å². The van der Waals surface area contributed by atoms with Gasteiger partial charge in [-0.15, -0.1) is 0 Å². The Hall–Kier alpha value is 0.129. The van der Waals surface area contributed by atoms with Crippen LogP contribution in [0.5, 0.6) is 0 Å². The number of primary sulfonamides is 1. The standard InChI is InChI=1S/C13H21NO3SSe2/c1-2-3-8-19-9-11(15)10-20-13-6-4-12(5-7-13)18(14,16)17/h4-7,11,15H,2-3,8-10H2,1H3,(H2,14,16,17)/t11-/m1/s1. The van der Waals surface area contributed by atoms with E-state index in [1.165, 1.54) is 30.3 Å². The van der Waals surface area contributed by atoms with Gasteiger partial charge in [0.05, 0.1) is 0 Å². The molecule has 1 rings (SSSR count). The molecule has 0 unspecified atom stereocenters. The number of aliphatic hydroxyl groups excluding tert-OH is 1. The van der Waals surface area contributed by atoms with Crippen LogP contribution in [-0.4, -0.2) is 49.5 Å². The van der Waals surface area contributed by atoms with Crippen LogP contribution in [0.25, 0.3) is 0 Å². The zero-order chi connectivity index (χ0) is 15.0. The van der Waals surface area contributed by atoms with Gasteiger partial charge in [0.1, 0.15) is 0 Å². The van der Waals surface area contributed by atoms with Crippen LogP contribution < -0.4 is 9.60 Å². The van der Waals surface area contributed by atoms with Crippen LogP contribution in [-0.2, 0) is 10.0 Å². The van der Waals surface area contributed by atoms with E-state index in [9.17, 15) is 13.5 Å². The van der Waals surface area contributed by atoms with Crippen molar-refractivity contribution < 1.29 is 13.5 Å². The van der Waals surface area contributed by atoms with Gasteiger partial charge in [0.2, 0.25) is 0 Å². The van der Waals surface area contributed by atoms with Crippen molar-refractivity contribution in [3.8, 4) is 0 Å². The molecule has 0 amide bonds. The van der Waals surface area contributed by atoms with Crippen LogP contribution in [0, 0.1) is 0 Å². The minimum atomic E-state index is -3.61. The Labute approximate surface area is 133 Å². The van der Waals surface area contributed by atoms with Crippen molar-refractivity contribution in [2.45, 2.75) is 46.7 Å². The van der Waals surface area contributed by atoms with Crippen LogP contribution >= 0.6 is 0 Å². The third kappa shape index (κ3) is 7.23. The Morgan fingerprint density at radius 2 is 1.90 bits per heavy atom. The van der Waals surface area contributed by atoms with Crippen LogP contribution in [0.2, 0.25) is 16.0 Å². The molecule has 0 spiro atoms. The van der Waals surface area contributed by atoms with Gasteiger partial charge in [-0.1, -0.05) is 0 Å². The number of unbranched alkanes of at least 4 members (excludes halogenated alkanes) is 1. The van der Waals surface area contributed by atoms with Crippen LogP contribution in [0.4, 0.5) is 0 Å². The van der Waals surface area contributed by atoms with Crippen LogP contribution in [0.3, 0.4) is 0 Å². The molecule has 0 aromatic heterocycles. The zero-order valence-corrected chi connectivity index (χ0v) is 15.7. The summed E-state index contributed by atoms with van der Waals surface area (Å²) < 4.78 is 23.3. The van der Waals surface area contributed by atoms with E-state index in [0.29, 0.717) is 15.0 Å². The molecule has 114 valence electrons. The molecule has 1 aromatic carbocycles. The van der Waals surface area contributed by atoms with Crippen molar-refractivity contribution in [1.29, 1.82) is 0 Å². The first kappa shape index (κ1) is 18.2. The van der Waals surface area contributed by atoms with E-state index in [1.807, 2.05) is 0 Å². The summed E-state index contributed by atoms with van der Waals surface area (Å²) in [5, 5.41) is 17.9. The van der Waals surface area contributed by atoms with E-state index in [0.717, 1.165) is 15.1 Å². The molecule has 0 aliphatic heterocycles. The molecule has 7 heteroatoms. The number of rotatable bonds is 9. The van der Waals surface area contributed by atoms with Gasteiger partial charge < -0.3 is 0 Å². The average molecular weight is 429 g/mol. The summed E-state index contributed by atoms with van der Waals surface area (Å²) in [7, 11) is -3.61. The van der Waals surface area contributed by atoms with Gasteiger partial charge in [0.25, 0.3) is 0 Å². The maximum absolute atomic E-state index is 11.1. The predicted molar refractivity (Wildman–Crippen MR) is 84.3 cm³/mol. The molecular formula is C13H21NO3SSe2. The van der Waals surface area contributed by atoms with Crippen molar-refractivity contribution in [1.82, 2.24) is 0 Å². The van der Waals surface area contributed by atoms with Crippen molar-refractivity contribution in [2.75, 3.05) is 0 Å². The summed E-state index contributed by atoms with van der Waals surface area (Å²) in [6.07, 6.45) is 2.26. The van der Waals surface area contributed by atoms with Gasteiger partial charge >= 0.3 is 134 Å². The van der Waals surface area contributed by atoms with Gasteiger partial charge in [-0.2, -0.15) is 0 Å². The number of hydrogen-bond donors (Lipinski definition) is 2. The summed E-state index contributed by atoms with van der Waals surface area (Å²) >= 11 is 0.722. The van der Waals surface area contributed by atoms with Gasteiger partial charge in [-0.3, -0.25) is 0 Å². The second-order valence-electron chi connectivity index (χ2n) is 4.41. The number of hydrogen-bond acceptors (Lipinski definition) is 3. The molecule has 20 heavy (non-hydrogen) atoms. The van der Waals surface area contributed by atoms with E-state index >= 15 is 0 Å². The Kier molecular flexibility index (Phi) is 8.37. The monoisotopic (exact) mass is 431 g/mol. The maximum atomic E-state index is 11.1. The molecule has 4 nitrogen and oxygen atoms in total. The summed E-state index contributed by atoms with van der Waals surface area (Å²) in [6.45, 7) is 2.18. The fourth-order valence-corrected chi connectivity index (χ4v) is 6.65. The number of sulfonamides is 1. The quantitative estimate of drug-likeness (QED) is 0.450. The minimum absolute atomic E-state index is 0.139. The van der Waals surface area contributed by atoms with Crippen LogP contribution in [0.15, 0.2) is 29.2 Å². The molecule has 0 aliphatic rings.